The Morgan fingerprint density at radius 3 is 2.33 bits per heavy atom. The summed E-state index contributed by atoms with van der Waals surface area (Å²) in [5, 5.41) is 2.18. The van der Waals surface area contributed by atoms with Crippen LogP contribution in [0.3, 0.4) is 0 Å². The molecular formula is C17H12BrN3O3. The van der Waals surface area contributed by atoms with Gasteiger partial charge >= 0.3 is 6.03 Å². The van der Waals surface area contributed by atoms with E-state index in [0.29, 0.717) is 11.4 Å². The first kappa shape index (κ1) is 16.1. The predicted octanol–water partition coefficient (Wildman–Crippen LogP) is 3.05. The van der Waals surface area contributed by atoms with Crippen LogP contribution in [0.5, 0.6) is 0 Å². The summed E-state index contributed by atoms with van der Waals surface area (Å²) in [5.74, 6) is -2.48. The number of rotatable bonds is 3. The SMILES string of the molecule is O=C1NC(=O)N(c2ccc(Br)cc2)C(=O)[C@H]1C=Nc1ccccc1. The van der Waals surface area contributed by atoms with Gasteiger partial charge in [-0.25, -0.2) is 9.69 Å². The first-order valence-electron chi connectivity index (χ1n) is 7.10. The van der Waals surface area contributed by atoms with Gasteiger partial charge in [0.15, 0.2) is 5.92 Å². The lowest BCUT2D eigenvalue weighted by atomic mass is 10.1. The second-order valence-corrected chi connectivity index (χ2v) is 5.95. The number of hydrogen-bond donors (Lipinski definition) is 1. The quantitative estimate of drug-likeness (QED) is 0.651. The first-order chi connectivity index (χ1) is 11.6. The van der Waals surface area contributed by atoms with E-state index in [1.54, 1.807) is 48.5 Å². The van der Waals surface area contributed by atoms with Gasteiger partial charge in [0.2, 0.25) is 5.91 Å². The molecule has 24 heavy (non-hydrogen) atoms. The minimum absolute atomic E-state index is 0.381. The predicted molar refractivity (Wildman–Crippen MR) is 93.3 cm³/mol. The third-order valence-corrected chi connectivity index (χ3v) is 3.94. The van der Waals surface area contributed by atoms with Crippen LogP contribution in [0.4, 0.5) is 16.2 Å². The molecule has 0 aliphatic carbocycles. The molecule has 1 saturated heterocycles. The van der Waals surface area contributed by atoms with Crippen LogP contribution in [-0.4, -0.2) is 24.1 Å². The summed E-state index contributed by atoms with van der Waals surface area (Å²) < 4.78 is 0.814. The van der Waals surface area contributed by atoms with Gasteiger partial charge in [0.25, 0.3) is 5.91 Å². The Morgan fingerprint density at radius 1 is 1.00 bits per heavy atom. The molecule has 0 bridgehead atoms. The van der Waals surface area contributed by atoms with Crippen LogP contribution in [0.2, 0.25) is 0 Å². The highest BCUT2D eigenvalue weighted by atomic mass is 79.9. The molecule has 2 aromatic rings. The Labute approximate surface area is 146 Å². The van der Waals surface area contributed by atoms with Gasteiger partial charge in [-0.15, -0.1) is 0 Å². The van der Waals surface area contributed by atoms with Crippen molar-refractivity contribution in [1.82, 2.24) is 5.32 Å². The van der Waals surface area contributed by atoms with Crippen molar-refractivity contribution < 1.29 is 14.4 Å². The first-order valence-corrected chi connectivity index (χ1v) is 7.89. The van der Waals surface area contributed by atoms with Gasteiger partial charge in [0.05, 0.1) is 11.4 Å². The summed E-state index contributed by atoms with van der Waals surface area (Å²) >= 11 is 3.29. The highest BCUT2D eigenvalue weighted by molar-refractivity contribution is 9.10. The van der Waals surface area contributed by atoms with Gasteiger partial charge in [-0.1, -0.05) is 34.1 Å². The molecule has 2 aromatic carbocycles. The van der Waals surface area contributed by atoms with Gasteiger partial charge in [-0.3, -0.25) is 19.9 Å². The minimum Gasteiger partial charge on any atom is -0.276 e. The fourth-order valence-electron chi connectivity index (χ4n) is 2.23. The van der Waals surface area contributed by atoms with Crippen molar-refractivity contribution in [2.75, 3.05) is 4.90 Å². The molecule has 1 aliphatic rings. The third kappa shape index (κ3) is 3.26. The summed E-state index contributed by atoms with van der Waals surface area (Å²) in [6, 6.07) is 14.8. The van der Waals surface area contributed by atoms with Crippen LogP contribution in [0.15, 0.2) is 64.1 Å². The summed E-state index contributed by atoms with van der Waals surface area (Å²) in [5.41, 5.74) is 0.997. The molecule has 3 rings (SSSR count). The molecule has 7 heteroatoms. The minimum atomic E-state index is -1.16. The summed E-state index contributed by atoms with van der Waals surface area (Å²) in [4.78, 5) is 41.7. The molecular weight excluding hydrogens is 374 g/mol. The molecule has 0 aromatic heterocycles. The molecule has 1 fully saturated rings. The number of benzene rings is 2. The van der Waals surface area contributed by atoms with E-state index >= 15 is 0 Å². The van der Waals surface area contributed by atoms with Gasteiger partial charge in [-0.2, -0.15) is 0 Å². The smallest absolute Gasteiger partial charge is 0.276 e. The van der Waals surface area contributed by atoms with Crippen molar-refractivity contribution in [3.05, 3.63) is 59.1 Å². The van der Waals surface area contributed by atoms with Crippen LogP contribution in [0.25, 0.3) is 0 Å². The highest BCUT2D eigenvalue weighted by Crippen LogP contribution is 2.23. The summed E-state index contributed by atoms with van der Waals surface area (Å²) in [7, 11) is 0. The Balaban J connectivity index is 1.88. The maximum absolute atomic E-state index is 12.6. The van der Waals surface area contributed by atoms with Crippen molar-refractivity contribution in [2.45, 2.75) is 0 Å². The number of carbonyl (C=O) groups is 3. The topological polar surface area (TPSA) is 78.8 Å². The molecule has 120 valence electrons. The molecule has 0 radical (unpaired) electrons. The monoisotopic (exact) mass is 385 g/mol. The van der Waals surface area contributed by atoms with Crippen molar-refractivity contribution in [3.8, 4) is 0 Å². The fourth-order valence-corrected chi connectivity index (χ4v) is 2.50. The molecule has 0 unspecified atom stereocenters. The van der Waals surface area contributed by atoms with Crippen molar-refractivity contribution >= 4 is 51.4 Å². The van der Waals surface area contributed by atoms with Crippen molar-refractivity contribution in [2.24, 2.45) is 10.9 Å². The number of barbiturate groups is 1. The normalized spacial score (nSPS) is 18.1. The molecule has 6 nitrogen and oxygen atoms in total. The Hall–Kier alpha value is -2.80. The standard InChI is InChI=1S/C17H12BrN3O3/c18-11-6-8-13(9-7-11)21-16(23)14(15(22)20-17(21)24)10-19-12-4-2-1-3-5-12/h1-10,14H,(H,20,22,24)/t14-/m0/s1. The number of aliphatic imine (C=N–C) groups is 1. The maximum atomic E-state index is 12.6. The van der Waals surface area contributed by atoms with Gasteiger partial charge in [0.1, 0.15) is 0 Å². The number of anilines is 1. The largest absolute Gasteiger partial charge is 0.335 e. The summed E-state index contributed by atoms with van der Waals surface area (Å²) in [6.07, 6.45) is 1.26. The Morgan fingerprint density at radius 2 is 1.67 bits per heavy atom. The van der Waals surface area contributed by atoms with Gasteiger partial charge < -0.3 is 0 Å². The molecule has 0 saturated carbocycles. The molecule has 1 heterocycles. The molecule has 0 spiro atoms. The van der Waals surface area contributed by atoms with E-state index in [-0.39, 0.29) is 0 Å². The Kier molecular flexibility index (Phi) is 4.52. The zero-order valence-electron chi connectivity index (χ0n) is 12.3. The number of nitrogens with zero attached hydrogens (tertiary/aromatic N) is 2. The van der Waals surface area contributed by atoms with E-state index in [2.05, 4.69) is 26.2 Å². The lowest BCUT2D eigenvalue weighted by Gasteiger charge is -2.28. The average Bonchev–Trinajstić information content (AvgIpc) is 2.57. The molecule has 1 N–H and O–H groups in total. The van der Waals surface area contributed by atoms with Crippen LogP contribution in [-0.2, 0) is 9.59 Å². The lowest BCUT2D eigenvalue weighted by molar-refractivity contribution is -0.131. The zero-order chi connectivity index (χ0) is 17.1. The van der Waals surface area contributed by atoms with E-state index in [4.69, 9.17) is 0 Å². The fraction of sp³-hybridized carbons (Fsp3) is 0.0588. The van der Waals surface area contributed by atoms with Crippen LogP contribution >= 0.6 is 15.9 Å². The number of imide groups is 2. The number of para-hydroxylation sites is 1. The molecule has 1 aliphatic heterocycles. The van der Waals surface area contributed by atoms with Gasteiger partial charge in [-0.05, 0) is 36.4 Å². The lowest BCUT2D eigenvalue weighted by Crippen LogP contribution is -2.58. The molecule has 1 atom stereocenters. The number of urea groups is 1. The highest BCUT2D eigenvalue weighted by Gasteiger charge is 2.40. The number of nitrogens with one attached hydrogen (secondary N) is 1. The van der Waals surface area contributed by atoms with E-state index in [0.717, 1.165) is 9.37 Å². The maximum Gasteiger partial charge on any atom is 0.335 e. The number of hydrogen-bond acceptors (Lipinski definition) is 4. The van der Waals surface area contributed by atoms with Crippen LogP contribution < -0.4 is 10.2 Å². The molecule has 4 amide bonds. The van der Waals surface area contributed by atoms with Crippen molar-refractivity contribution in [1.29, 1.82) is 0 Å². The van der Waals surface area contributed by atoms with E-state index < -0.39 is 23.8 Å². The van der Waals surface area contributed by atoms with Crippen LogP contribution in [0, 0.1) is 5.92 Å². The van der Waals surface area contributed by atoms with Crippen LogP contribution in [0.1, 0.15) is 0 Å². The van der Waals surface area contributed by atoms with Gasteiger partial charge in [0, 0.05) is 10.7 Å². The Bertz CT molecular complexity index is 819. The van der Waals surface area contributed by atoms with E-state index in [9.17, 15) is 14.4 Å². The third-order valence-electron chi connectivity index (χ3n) is 3.42. The number of halogens is 1. The number of amides is 4. The van der Waals surface area contributed by atoms with E-state index in [1.807, 2.05) is 6.07 Å². The summed E-state index contributed by atoms with van der Waals surface area (Å²) in [6.45, 7) is 0. The van der Waals surface area contributed by atoms with E-state index in [1.165, 1.54) is 6.21 Å². The number of carbonyl (C=O) groups excluding carboxylic acids is 3. The zero-order valence-corrected chi connectivity index (χ0v) is 13.9. The second-order valence-electron chi connectivity index (χ2n) is 5.04. The van der Waals surface area contributed by atoms with Crippen molar-refractivity contribution in [3.63, 3.8) is 0 Å². The average molecular weight is 386 g/mol. The second kappa shape index (κ2) is 6.76.